The summed E-state index contributed by atoms with van der Waals surface area (Å²) in [6, 6.07) is 0. The third-order valence-corrected chi connectivity index (χ3v) is 1.52. The van der Waals surface area contributed by atoms with Gasteiger partial charge in [0.15, 0.2) is 38.7 Å². The molecule has 0 heterocycles. The first-order valence-corrected chi connectivity index (χ1v) is 21.0. The summed E-state index contributed by atoms with van der Waals surface area (Å²) in [4.78, 5) is 0. The van der Waals surface area contributed by atoms with Gasteiger partial charge < -0.3 is 5.11 Å². The molecule has 284 valence electrons. The molecule has 0 aliphatic rings. The molecule has 0 aliphatic carbocycles. The van der Waals surface area contributed by atoms with E-state index in [2.05, 4.69) is 0 Å². The highest BCUT2D eigenvalue weighted by atomic mass is 35.6. The molecule has 0 radical (unpaired) electrons. The van der Waals surface area contributed by atoms with E-state index in [1.807, 2.05) is 0 Å². The molecule has 0 amide bonds. The smallest absolute Gasteiger partial charge is 0.215 e. The fourth-order valence-corrected chi connectivity index (χ4v) is 0.694. The minimum absolute atomic E-state index is 0.455. The van der Waals surface area contributed by atoms with E-state index in [9.17, 15) is 0 Å². The molecule has 0 saturated heterocycles. The highest BCUT2D eigenvalue weighted by Crippen LogP contribution is 2.31. The highest BCUT2D eigenvalue weighted by Gasteiger charge is 2.28. The van der Waals surface area contributed by atoms with Crippen LogP contribution in [0.4, 0.5) is 0 Å². The van der Waals surface area contributed by atoms with Gasteiger partial charge in [0.05, 0.1) is 0 Å². The van der Waals surface area contributed by atoms with Crippen LogP contribution in [0, 0.1) is 0 Å². The Hall–Kier alpha value is 8.66. The number of aliphatic hydroxyl groups excluding tert-OH is 1. The molecule has 0 spiro atoms. The van der Waals surface area contributed by atoms with Crippen molar-refractivity contribution in [1.82, 2.24) is 0 Å². The van der Waals surface area contributed by atoms with E-state index in [1.54, 1.807) is 6.92 Å². The minimum Gasteiger partial charge on any atom is -0.389 e. The van der Waals surface area contributed by atoms with E-state index in [-0.39, 0.29) is 0 Å². The first kappa shape index (κ1) is 77.2. The number of rotatable bonds is 1. The molecule has 0 rings (SSSR count). The predicted octanol–water partition coefficient (Wildman–Crippen LogP) is 20.0. The van der Waals surface area contributed by atoms with Gasteiger partial charge >= 0.3 is 0 Å². The zero-order chi connectivity index (χ0) is 39.0. The van der Waals surface area contributed by atoms with Crippen LogP contribution in [-0.4, -0.2) is 53.7 Å². The van der Waals surface area contributed by atoms with Gasteiger partial charge in [-0.05, 0) is 6.42 Å². The first-order chi connectivity index (χ1) is 19.1. The van der Waals surface area contributed by atoms with Gasteiger partial charge in [-0.25, -0.2) is 0 Å². The lowest BCUT2D eigenvalue weighted by molar-refractivity contribution is 0.174. The summed E-state index contributed by atoms with van der Waals surface area (Å²) >= 11 is 146. The van der Waals surface area contributed by atoms with Crippen molar-refractivity contribution in [2.45, 2.75) is 61.9 Å². The third kappa shape index (κ3) is 450. The molecule has 44 heavy (non-hydrogen) atoms. The van der Waals surface area contributed by atoms with Crippen molar-refractivity contribution in [3.8, 4) is 0 Å². The molecule has 31 heteroatoms. The van der Waals surface area contributed by atoms with Gasteiger partial charge in [-0.3, -0.25) is 0 Å². The van der Waals surface area contributed by atoms with Crippen LogP contribution < -0.4 is 0 Å². The fraction of sp³-hybridized carbons (Fsp3) is 1.00. The summed E-state index contributed by atoms with van der Waals surface area (Å²) in [5.74, 6) is 0. The van der Waals surface area contributed by atoms with Gasteiger partial charge in [-0.15, -0.1) is 0 Å². The lowest BCUT2D eigenvalue weighted by atomic mass is 10.3. The Balaban J connectivity index is -0.0000000370. The fourth-order valence-electron chi connectivity index (χ4n) is 0.231. The minimum atomic E-state index is -1.52. The van der Waals surface area contributed by atoms with Gasteiger partial charge in [0.2, 0.25) is 3.79 Å². The molecule has 0 fully saturated rings. The van der Waals surface area contributed by atoms with Crippen LogP contribution in [0.25, 0.3) is 0 Å². The van der Waals surface area contributed by atoms with Gasteiger partial charge in [0.1, 0.15) is 6.10 Å². The first-order valence-electron chi connectivity index (χ1n) is 8.12. The molecular weight excluding hydrogens is 1240 g/mol. The zero-order valence-electron chi connectivity index (χ0n) is 19.8. The predicted molar refractivity (Wildman–Crippen MR) is 229 cm³/mol. The lowest BCUT2D eigenvalue weighted by Gasteiger charge is -2.15. The van der Waals surface area contributed by atoms with Crippen LogP contribution >= 0.6 is 348 Å². The van der Waals surface area contributed by atoms with Gasteiger partial charge in [-0.1, -0.05) is 355 Å². The Kier molecular flexibility index (Phi) is 112. The standard InChI is InChI=1S/C4H7Cl3O.9CHCl3/c1-2-3(8)4(5,6)7;9*2-1(3)4/h3,8H,2H2,1H3;9*1H. The van der Waals surface area contributed by atoms with Crippen LogP contribution in [0.15, 0.2) is 0 Å². The quantitative estimate of drug-likeness (QED) is 0.260. The summed E-state index contributed by atoms with van der Waals surface area (Å²) in [5, 5.41) is 8.80. The van der Waals surface area contributed by atoms with E-state index in [1.165, 1.54) is 0 Å². The van der Waals surface area contributed by atoms with Gasteiger partial charge in [-0.2, -0.15) is 0 Å². The van der Waals surface area contributed by atoms with Crippen LogP contribution in [0.2, 0.25) is 0 Å². The SMILES string of the molecule is CCC(O)C(Cl)(Cl)Cl.ClC(Cl)Cl.ClC(Cl)Cl.ClC(Cl)Cl.ClC(Cl)Cl.ClC(Cl)Cl.ClC(Cl)Cl.ClC(Cl)Cl.ClC(Cl)Cl.ClC(Cl)Cl. The summed E-state index contributed by atoms with van der Waals surface area (Å²) in [7, 11) is 0. The van der Waals surface area contributed by atoms with Crippen molar-refractivity contribution in [3.63, 3.8) is 0 Å². The van der Waals surface area contributed by atoms with Crippen LogP contribution in [0.5, 0.6) is 0 Å². The maximum Gasteiger partial charge on any atom is 0.215 e. The Morgan fingerprint density at radius 1 is 0.318 bits per heavy atom. The molecule has 0 bridgehead atoms. The second kappa shape index (κ2) is 63.6. The average Bonchev–Trinajstić information content (AvgIpc) is 2.62. The molecular formula is C13H16Cl30O. The topological polar surface area (TPSA) is 20.2 Å². The van der Waals surface area contributed by atoms with Crippen molar-refractivity contribution < 1.29 is 5.11 Å². The third-order valence-electron chi connectivity index (χ3n) is 0.765. The number of hydrogen-bond donors (Lipinski definition) is 1. The summed E-state index contributed by atoms with van der Waals surface area (Å²) < 4.78 is -8.27. The summed E-state index contributed by atoms with van der Waals surface area (Å²) in [6.07, 6.45) is -0.399. The van der Waals surface area contributed by atoms with E-state index < -0.39 is 48.6 Å². The monoisotopic (exact) mass is 1240 g/mol. The van der Waals surface area contributed by atoms with Crippen LogP contribution in [0.3, 0.4) is 0 Å². The molecule has 0 aromatic carbocycles. The lowest BCUT2D eigenvalue weighted by Crippen LogP contribution is -2.23. The molecule has 1 N–H and O–H groups in total. The van der Waals surface area contributed by atoms with E-state index in [0.717, 1.165) is 0 Å². The zero-order valence-corrected chi connectivity index (χ0v) is 42.4. The van der Waals surface area contributed by atoms with E-state index >= 15 is 0 Å². The number of aliphatic hydroxyl groups is 1. The number of hydrogen-bond acceptors (Lipinski definition) is 1. The largest absolute Gasteiger partial charge is 0.389 e. The highest BCUT2D eigenvalue weighted by molar-refractivity contribution is 6.68. The molecule has 1 atom stereocenters. The van der Waals surface area contributed by atoms with Gasteiger partial charge in [0, 0.05) is 0 Å². The molecule has 0 aromatic rings. The second-order valence-corrected chi connectivity index (χ2v) is 23.9. The van der Waals surface area contributed by atoms with Crippen molar-refractivity contribution in [3.05, 3.63) is 0 Å². The molecule has 1 nitrogen and oxygen atoms in total. The van der Waals surface area contributed by atoms with Crippen molar-refractivity contribution in [2.24, 2.45) is 0 Å². The van der Waals surface area contributed by atoms with E-state index in [0.29, 0.717) is 6.42 Å². The second-order valence-electron chi connectivity index (χ2n) is 3.69. The summed E-state index contributed by atoms with van der Waals surface area (Å²) in [6.45, 7) is 1.74. The molecule has 0 aliphatic heterocycles. The maximum absolute atomic E-state index is 8.80. The molecule has 0 aromatic heterocycles. The number of halogens is 30. The Bertz CT molecular complexity index is 293. The van der Waals surface area contributed by atoms with Gasteiger partial charge in [0.25, 0.3) is 0 Å². The van der Waals surface area contributed by atoms with Crippen molar-refractivity contribution >= 4 is 348 Å². The summed E-state index contributed by atoms with van der Waals surface area (Å²) in [5.41, 5.74) is 0. The molecule has 1 unspecified atom stereocenters. The molecule has 0 saturated carbocycles. The Morgan fingerprint density at radius 3 is 0.386 bits per heavy atom. The Labute approximate surface area is 408 Å². The van der Waals surface area contributed by atoms with Crippen molar-refractivity contribution in [2.75, 3.05) is 0 Å². The van der Waals surface area contributed by atoms with Crippen LogP contribution in [0.1, 0.15) is 13.3 Å². The van der Waals surface area contributed by atoms with E-state index in [4.69, 9.17) is 353 Å². The van der Waals surface area contributed by atoms with Crippen molar-refractivity contribution in [1.29, 1.82) is 0 Å². The van der Waals surface area contributed by atoms with Crippen LogP contribution in [-0.2, 0) is 0 Å². The Morgan fingerprint density at radius 2 is 0.386 bits per heavy atom. The number of alkyl halides is 30. The maximum atomic E-state index is 8.80. The average molecular weight is 1250 g/mol. The normalized spacial score (nSPS) is 10.3.